The Bertz CT molecular complexity index is 991. The highest BCUT2D eigenvalue weighted by Gasteiger charge is 2.55. The molecule has 0 aromatic carbocycles. The second-order valence-electron chi connectivity index (χ2n) is 11.8. The standard InChI is InChI=1S/C27H37N3O5S/c31-24(29-23-17-11-16-12-18(23)15-27(34,13-16)14-17)21-5-6-22(28-25(21)36-20-3-1-2-4-20)30-9-7-19(8-10-30)35-26(32)33/h5-6,16-20,23,34H,1-4,7-15H2,(H,29,31)(H,32,33). The van der Waals surface area contributed by atoms with E-state index in [4.69, 9.17) is 14.8 Å². The van der Waals surface area contributed by atoms with Crippen LogP contribution in [-0.4, -0.2) is 63.3 Å². The van der Waals surface area contributed by atoms with E-state index >= 15 is 0 Å². The van der Waals surface area contributed by atoms with E-state index in [1.54, 1.807) is 11.8 Å². The van der Waals surface area contributed by atoms with Crippen LogP contribution in [0.2, 0.25) is 0 Å². The number of ether oxygens (including phenoxy) is 1. The Morgan fingerprint density at radius 1 is 1.06 bits per heavy atom. The first kappa shape index (κ1) is 24.3. The van der Waals surface area contributed by atoms with Crippen LogP contribution in [0.5, 0.6) is 0 Å². The topological polar surface area (TPSA) is 112 Å². The highest BCUT2D eigenvalue weighted by Crippen LogP contribution is 2.55. The first-order valence-electron chi connectivity index (χ1n) is 13.7. The Balaban J connectivity index is 1.18. The number of piperidine rings is 1. The summed E-state index contributed by atoms with van der Waals surface area (Å²) in [4.78, 5) is 31.7. The number of hydrogen-bond acceptors (Lipinski definition) is 7. The van der Waals surface area contributed by atoms with Crippen LogP contribution in [-0.2, 0) is 4.74 Å². The lowest BCUT2D eigenvalue weighted by atomic mass is 9.52. The number of rotatable bonds is 6. The van der Waals surface area contributed by atoms with Crippen LogP contribution < -0.4 is 10.2 Å². The molecule has 2 atom stereocenters. The van der Waals surface area contributed by atoms with Crippen LogP contribution >= 0.6 is 11.8 Å². The molecule has 2 unspecified atom stereocenters. The molecule has 6 fully saturated rings. The van der Waals surface area contributed by atoms with Gasteiger partial charge in [-0.3, -0.25) is 4.79 Å². The summed E-state index contributed by atoms with van der Waals surface area (Å²) in [5.74, 6) is 2.17. The van der Waals surface area contributed by atoms with E-state index in [0.717, 1.165) is 55.8 Å². The van der Waals surface area contributed by atoms with Crippen molar-refractivity contribution in [1.29, 1.82) is 0 Å². The Hall–Kier alpha value is -2.00. The Morgan fingerprint density at radius 3 is 2.39 bits per heavy atom. The molecular formula is C27H37N3O5S. The quantitative estimate of drug-likeness (QED) is 0.477. The van der Waals surface area contributed by atoms with Crippen LogP contribution in [0.3, 0.4) is 0 Å². The monoisotopic (exact) mass is 515 g/mol. The Labute approximate surface area is 216 Å². The van der Waals surface area contributed by atoms with Gasteiger partial charge in [-0.2, -0.15) is 0 Å². The number of thioether (sulfide) groups is 1. The van der Waals surface area contributed by atoms with Gasteiger partial charge in [-0.25, -0.2) is 9.78 Å². The summed E-state index contributed by atoms with van der Waals surface area (Å²) in [6.45, 7) is 1.36. The highest BCUT2D eigenvalue weighted by molar-refractivity contribution is 7.99. The molecule has 5 saturated carbocycles. The normalized spacial score (nSPS) is 34.2. The van der Waals surface area contributed by atoms with Gasteiger partial charge in [0.2, 0.25) is 0 Å². The van der Waals surface area contributed by atoms with Gasteiger partial charge in [-0.05, 0) is 74.8 Å². The zero-order valence-corrected chi connectivity index (χ0v) is 21.5. The number of aliphatic hydroxyl groups is 1. The minimum atomic E-state index is -1.22. The van der Waals surface area contributed by atoms with E-state index in [9.17, 15) is 14.7 Å². The number of hydrogen-bond donors (Lipinski definition) is 3. The largest absolute Gasteiger partial charge is 0.506 e. The van der Waals surface area contributed by atoms with Crippen molar-refractivity contribution in [3.8, 4) is 0 Å². The fourth-order valence-corrected chi connectivity index (χ4v) is 9.14. The lowest BCUT2D eigenvalue weighted by Gasteiger charge is -2.58. The average molecular weight is 516 g/mol. The second kappa shape index (κ2) is 9.71. The molecule has 8 nitrogen and oxygen atoms in total. The van der Waals surface area contributed by atoms with Gasteiger partial charge in [0.25, 0.3) is 5.91 Å². The number of carbonyl (C=O) groups excluding carboxylic acids is 1. The van der Waals surface area contributed by atoms with Crippen molar-refractivity contribution in [1.82, 2.24) is 10.3 Å². The maximum absolute atomic E-state index is 13.6. The number of nitrogens with one attached hydrogen (secondary N) is 1. The summed E-state index contributed by atoms with van der Waals surface area (Å²) < 4.78 is 4.95. The molecule has 2 heterocycles. The van der Waals surface area contributed by atoms with Crippen molar-refractivity contribution in [2.45, 2.75) is 98.7 Å². The summed E-state index contributed by atoms with van der Waals surface area (Å²) >= 11 is 1.74. The molecule has 6 aliphatic rings. The van der Waals surface area contributed by atoms with E-state index < -0.39 is 11.8 Å². The maximum atomic E-state index is 13.6. The molecule has 3 N–H and O–H groups in total. The van der Waals surface area contributed by atoms with E-state index in [-0.39, 0.29) is 18.1 Å². The van der Waals surface area contributed by atoms with Crippen molar-refractivity contribution in [2.24, 2.45) is 17.8 Å². The molecule has 1 aromatic heterocycles. The number of carbonyl (C=O) groups is 2. The predicted octanol–water partition coefficient (Wildman–Crippen LogP) is 4.45. The van der Waals surface area contributed by atoms with E-state index in [1.165, 1.54) is 12.8 Å². The van der Waals surface area contributed by atoms with Crippen molar-refractivity contribution in [3.05, 3.63) is 17.7 Å². The van der Waals surface area contributed by atoms with Gasteiger partial charge in [-0.1, -0.05) is 12.8 Å². The first-order valence-corrected chi connectivity index (χ1v) is 14.6. The number of nitrogens with zero attached hydrogens (tertiary/aromatic N) is 2. The summed E-state index contributed by atoms with van der Waals surface area (Å²) in [6.07, 6.45) is 9.35. The van der Waals surface area contributed by atoms with Gasteiger partial charge >= 0.3 is 6.16 Å². The lowest BCUT2D eigenvalue weighted by molar-refractivity contribution is -0.136. The van der Waals surface area contributed by atoms with E-state index in [2.05, 4.69) is 10.2 Å². The van der Waals surface area contributed by atoms with Crippen molar-refractivity contribution >= 4 is 29.6 Å². The lowest BCUT2D eigenvalue weighted by Crippen LogP contribution is -2.61. The summed E-state index contributed by atoms with van der Waals surface area (Å²) in [5.41, 5.74) is 0.153. The van der Waals surface area contributed by atoms with Crippen LogP contribution in [0.4, 0.5) is 10.6 Å². The predicted molar refractivity (Wildman–Crippen MR) is 136 cm³/mol. The third kappa shape index (κ3) is 4.93. The van der Waals surface area contributed by atoms with Crippen LogP contribution in [0, 0.1) is 17.8 Å². The summed E-state index contributed by atoms with van der Waals surface area (Å²) in [7, 11) is 0. The zero-order valence-electron chi connectivity index (χ0n) is 20.7. The second-order valence-corrected chi connectivity index (χ2v) is 13.1. The van der Waals surface area contributed by atoms with Gasteiger partial charge < -0.3 is 25.2 Å². The molecule has 0 spiro atoms. The molecule has 1 aromatic rings. The van der Waals surface area contributed by atoms with E-state index in [1.807, 2.05) is 12.1 Å². The number of anilines is 1. The molecular weight excluding hydrogens is 478 g/mol. The zero-order chi connectivity index (χ0) is 24.9. The average Bonchev–Trinajstić information content (AvgIpc) is 3.33. The molecule has 0 radical (unpaired) electrons. The number of carboxylic acid groups (broad SMARTS) is 1. The molecule has 1 saturated heterocycles. The summed E-state index contributed by atoms with van der Waals surface area (Å²) in [5, 5.41) is 24.5. The third-order valence-corrected chi connectivity index (χ3v) is 10.6. The molecule has 1 aliphatic heterocycles. The minimum absolute atomic E-state index is 0.0347. The molecule has 4 bridgehead atoms. The highest BCUT2D eigenvalue weighted by atomic mass is 32.2. The van der Waals surface area contributed by atoms with Crippen LogP contribution in [0.25, 0.3) is 0 Å². The van der Waals surface area contributed by atoms with Crippen molar-refractivity contribution < 1.29 is 24.5 Å². The van der Waals surface area contributed by atoms with E-state index in [0.29, 0.717) is 54.5 Å². The van der Waals surface area contributed by atoms with Gasteiger partial charge in [0, 0.05) is 37.2 Å². The van der Waals surface area contributed by atoms with Gasteiger partial charge in [-0.15, -0.1) is 11.8 Å². The minimum Gasteiger partial charge on any atom is -0.450 e. The van der Waals surface area contributed by atoms with Crippen LogP contribution in [0.1, 0.15) is 81.0 Å². The van der Waals surface area contributed by atoms with Gasteiger partial charge in [0.15, 0.2) is 0 Å². The van der Waals surface area contributed by atoms with Gasteiger partial charge in [0.05, 0.1) is 11.2 Å². The molecule has 196 valence electrons. The number of pyridine rings is 1. The molecule has 1 amide bonds. The summed E-state index contributed by atoms with van der Waals surface area (Å²) in [6, 6.07) is 4.01. The molecule has 7 rings (SSSR count). The SMILES string of the molecule is O=C(O)OC1CCN(c2ccc(C(=O)NC3C4CC5CC3CC(O)(C5)C4)c(SC3CCCC3)n2)CC1. The van der Waals surface area contributed by atoms with Gasteiger partial charge in [0.1, 0.15) is 16.9 Å². The number of amides is 1. The maximum Gasteiger partial charge on any atom is 0.506 e. The Kier molecular flexibility index (Phi) is 6.56. The molecule has 9 heteroatoms. The number of aromatic nitrogens is 1. The molecule has 36 heavy (non-hydrogen) atoms. The Morgan fingerprint density at radius 2 is 1.75 bits per heavy atom. The fourth-order valence-electron chi connectivity index (χ4n) is 7.83. The van der Waals surface area contributed by atoms with Crippen LogP contribution in [0.15, 0.2) is 17.2 Å². The third-order valence-electron chi connectivity index (χ3n) is 9.24. The van der Waals surface area contributed by atoms with Crippen molar-refractivity contribution in [3.63, 3.8) is 0 Å². The first-order chi connectivity index (χ1) is 17.3. The molecule has 5 aliphatic carbocycles. The van der Waals surface area contributed by atoms with Crippen molar-refractivity contribution in [2.75, 3.05) is 18.0 Å². The fraction of sp³-hybridized carbons (Fsp3) is 0.741. The smallest absolute Gasteiger partial charge is 0.450 e.